The van der Waals surface area contributed by atoms with Crippen LogP contribution in [0.15, 0.2) is 62.9 Å². The molecule has 0 spiro atoms. The van der Waals surface area contributed by atoms with E-state index in [0.717, 1.165) is 31.4 Å². The molecule has 164 valence electrons. The average molecular weight is 461 g/mol. The molecule has 1 saturated carbocycles. The molecule has 1 aliphatic rings. The molecule has 0 atom stereocenters. The molecule has 1 aromatic heterocycles. The van der Waals surface area contributed by atoms with E-state index in [4.69, 9.17) is 20.8 Å². The summed E-state index contributed by atoms with van der Waals surface area (Å²) in [4.78, 5) is 4.52. The van der Waals surface area contributed by atoms with Gasteiger partial charge in [-0.25, -0.2) is 8.42 Å². The molecule has 0 bridgehead atoms. The second-order valence-corrected chi connectivity index (χ2v) is 9.85. The van der Waals surface area contributed by atoms with Crippen molar-refractivity contribution in [1.29, 1.82) is 0 Å². The Morgan fingerprint density at radius 1 is 1.06 bits per heavy atom. The number of benzene rings is 2. The van der Waals surface area contributed by atoms with Crippen molar-refractivity contribution in [3.8, 4) is 17.2 Å². The maximum Gasteiger partial charge on any atom is 0.234 e. The van der Waals surface area contributed by atoms with Gasteiger partial charge in [0.05, 0.1) is 11.5 Å². The van der Waals surface area contributed by atoms with Crippen molar-refractivity contribution in [3.05, 3.63) is 53.6 Å². The molecule has 2 aromatic carbocycles. The smallest absolute Gasteiger partial charge is 0.234 e. The molecule has 31 heavy (non-hydrogen) atoms. The molecule has 1 fully saturated rings. The van der Waals surface area contributed by atoms with E-state index in [1.807, 2.05) is 19.1 Å². The summed E-state index contributed by atoms with van der Waals surface area (Å²) in [6.07, 6.45) is 5.36. The Labute approximate surface area is 187 Å². The minimum Gasteiger partial charge on any atom is -0.494 e. The molecule has 1 N–H and O–H groups in total. The van der Waals surface area contributed by atoms with Crippen molar-refractivity contribution in [3.63, 3.8) is 0 Å². The highest BCUT2D eigenvalue weighted by Gasteiger charge is 2.30. The highest BCUT2D eigenvalue weighted by atomic mass is 35.5. The van der Waals surface area contributed by atoms with Crippen molar-refractivity contribution in [2.75, 3.05) is 11.9 Å². The molecule has 0 saturated heterocycles. The van der Waals surface area contributed by atoms with Crippen molar-refractivity contribution in [2.24, 2.45) is 0 Å². The van der Waals surface area contributed by atoms with E-state index in [2.05, 4.69) is 10.3 Å². The molecule has 3 aromatic rings. The first kappa shape index (κ1) is 21.7. The fourth-order valence-corrected chi connectivity index (χ4v) is 5.11. The van der Waals surface area contributed by atoms with Gasteiger partial charge < -0.3 is 14.5 Å². The summed E-state index contributed by atoms with van der Waals surface area (Å²) in [5.74, 6) is 1.16. The van der Waals surface area contributed by atoms with Crippen LogP contribution in [0.5, 0.6) is 5.75 Å². The zero-order valence-electron chi connectivity index (χ0n) is 17.3. The van der Waals surface area contributed by atoms with Gasteiger partial charge in [-0.15, -0.1) is 0 Å². The van der Waals surface area contributed by atoms with Gasteiger partial charge in [0.25, 0.3) is 0 Å². The van der Waals surface area contributed by atoms with Gasteiger partial charge in [0.1, 0.15) is 5.75 Å². The zero-order chi connectivity index (χ0) is 21.8. The fraction of sp³-hybridized carbons (Fsp3) is 0.348. The first-order valence-electron chi connectivity index (χ1n) is 10.5. The van der Waals surface area contributed by atoms with Crippen molar-refractivity contribution in [1.82, 2.24) is 4.98 Å². The van der Waals surface area contributed by atoms with Gasteiger partial charge in [0.15, 0.2) is 0 Å². The molecular weight excluding hydrogens is 436 g/mol. The van der Waals surface area contributed by atoms with Gasteiger partial charge in [-0.3, -0.25) is 0 Å². The molecule has 6 nitrogen and oxygen atoms in total. The Hall–Kier alpha value is -2.51. The molecule has 0 unspecified atom stereocenters. The second kappa shape index (κ2) is 9.32. The molecule has 8 heteroatoms. The van der Waals surface area contributed by atoms with E-state index in [9.17, 15) is 8.42 Å². The largest absolute Gasteiger partial charge is 0.494 e. The maximum absolute atomic E-state index is 13.4. The third-order valence-electron chi connectivity index (χ3n) is 5.33. The van der Waals surface area contributed by atoms with Crippen LogP contribution in [0.2, 0.25) is 5.02 Å². The zero-order valence-corrected chi connectivity index (χ0v) is 18.9. The van der Waals surface area contributed by atoms with Crippen LogP contribution in [0, 0.1) is 0 Å². The summed E-state index contributed by atoms with van der Waals surface area (Å²) in [7, 11) is -3.89. The third-order valence-corrected chi connectivity index (χ3v) is 7.26. The Bertz CT molecular complexity index is 1120. The van der Waals surface area contributed by atoms with Gasteiger partial charge in [0, 0.05) is 16.6 Å². The summed E-state index contributed by atoms with van der Waals surface area (Å²) in [5, 5.41) is 3.66. The van der Waals surface area contributed by atoms with Crippen molar-refractivity contribution >= 4 is 27.3 Å². The first-order chi connectivity index (χ1) is 15.0. The van der Waals surface area contributed by atoms with E-state index in [1.54, 1.807) is 24.3 Å². The molecule has 0 radical (unpaired) electrons. The Kier molecular flexibility index (Phi) is 6.53. The third kappa shape index (κ3) is 4.88. The van der Waals surface area contributed by atoms with Crippen LogP contribution in [-0.2, 0) is 9.84 Å². The van der Waals surface area contributed by atoms with Gasteiger partial charge >= 0.3 is 0 Å². The Morgan fingerprint density at radius 3 is 2.39 bits per heavy atom. The molecule has 1 aliphatic carbocycles. The summed E-state index contributed by atoms with van der Waals surface area (Å²) < 4.78 is 38.2. The topological polar surface area (TPSA) is 81.4 Å². The number of hydrogen-bond donors (Lipinski definition) is 1. The molecular formula is C23H25ClN2O4S. The summed E-state index contributed by atoms with van der Waals surface area (Å²) in [6, 6.07) is 13.5. The normalized spacial score (nSPS) is 15.0. The summed E-state index contributed by atoms with van der Waals surface area (Å²) >= 11 is 5.94. The quantitative estimate of drug-likeness (QED) is 0.467. The van der Waals surface area contributed by atoms with Gasteiger partial charge in [-0.2, -0.15) is 4.98 Å². The lowest BCUT2D eigenvalue weighted by molar-refractivity contribution is 0.340. The number of ether oxygens (including phenoxy) is 1. The lowest BCUT2D eigenvalue weighted by atomic mass is 9.96. The van der Waals surface area contributed by atoms with E-state index in [1.165, 1.54) is 18.6 Å². The molecule has 4 rings (SSSR count). The minimum absolute atomic E-state index is 0.107. The van der Waals surface area contributed by atoms with Crippen molar-refractivity contribution < 1.29 is 17.6 Å². The van der Waals surface area contributed by atoms with E-state index >= 15 is 0 Å². The molecule has 1 heterocycles. The first-order valence-corrected chi connectivity index (χ1v) is 12.3. The second-order valence-electron chi connectivity index (χ2n) is 7.55. The highest BCUT2D eigenvalue weighted by Crippen LogP contribution is 2.35. The maximum atomic E-state index is 13.4. The number of rotatable bonds is 7. The lowest BCUT2D eigenvalue weighted by Crippen LogP contribution is -2.23. The van der Waals surface area contributed by atoms with Crippen LogP contribution in [0.3, 0.4) is 0 Å². The predicted molar refractivity (Wildman–Crippen MR) is 121 cm³/mol. The summed E-state index contributed by atoms with van der Waals surface area (Å²) in [5.41, 5.74) is 0.674. The number of oxazole rings is 1. The van der Waals surface area contributed by atoms with Crippen LogP contribution in [0.4, 0.5) is 5.88 Å². The standard InChI is InChI=1S/C23H25ClN2O4S/c1-2-29-19-12-8-16(9-13-19)21-26-23(22(30-21)25-18-6-4-3-5-7-18)31(27,28)20-14-10-17(24)11-15-20/h8-15,18,25H,2-7H2,1H3. The number of sulfone groups is 1. The van der Waals surface area contributed by atoms with Gasteiger partial charge in [-0.05, 0) is 68.3 Å². The fourth-order valence-electron chi connectivity index (χ4n) is 3.72. The number of hydrogen-bond acceptors (Lipinski definition) is 6. The molecule has 0 amide bonds. The van der Waals surface area contributed by atoms with Gasteiger partial charge in [0.2, 0.25) is 26.6 Å². The predicted octanol–water partition coefficient (Wildman–Crippen LogP) is 5.97. The highest BCUT2D eigenvalue weighted by molar-refractivity contribution is 7.91. The average Bonchev–Trinajstić information content (AvgIpc) is 3.20. The van der Waals surface area contributed by atoms with Gasteiger partial charge in [-0.1, -0.05) is 30.9 Å². The van der Waals surface area contributed by atoms with E-state index in [-0.39, 0.29) is 27.7 Å². The van der Waals surface area contributed by atoms with E-state index < -0.39 is 9.84 Å². The number of anilines is 1. The van der Waals surface area contributed by atoms with Crippen LogP contribution in [-0.4, -0.2) is 26.1 Å². The SMILES string of the molecule is CCOc1ccc(-c2nc(S(=O)(=O)c3ccc(Cl)cc3)c(NC3CCCCC3)o2)cc1. The van der Waals surface area contributed by atoms with Crippen LogP contribution in [0.25, 0.3) is 11.5 Å². The van der Waals surface area contributed by atoms with E-state index in [0.29, 0.717) is 17.2 Å². The minimum atomic E-state index is -3.89. The number of halogens is 1. The number of nitrogens with zero attached hydrogens (tertiary/aromatic N) is 1. The van der Waals surface area contributed by atoms with Crippen LogP contribution >= 0.6 is 11.6 Å². The number of aromatic nitrogens is 1. The Morgan fingerprint density at radius 2 is 1.74 bits per heavy atom. The summed E-state index contributed by atoms with van der Waals surface area (Å²) in [6.45, 7) is 2.48. The van der Waals surface area contributed by atoms with Crippen LogP contribution < -0.4 is 10.1 Å². The van der Waals surface area contributed by atoms with Crippen LogP contribution in [0.1, 0.15) is 39.0 Å². The lowest BCUT2D eigenvalue weighted by Gasteiger charge is -2.22. The monoisotopic (exact) mass is 460 g/mol. The number of nitrogens with one attached hydrogen (secondary N) is 1. The molecule has 0 aliphatic heterocycles. The Balaban J connectivity index is 1.73. The van der Waals surface area contributed by atoms with Crippen molar-refractivity contribution in [2.45, 2.75) is 55.0 Å².